The maximum atomic E-state index is 12.1. The number of Topliss-reactive ketones (excluding diaryl/α,β-unsaturated/α-hetero) is 1. The van der Waals surface area contributed by atoms with E-state index in [2.05, 4.69) is 4.98 Å². The van der Waals surface area contributed by atoms with Crippen molar-refractivity contribution in [1.29, 1.82) is 0 Å². The highest BCUT2D eigenvalue weighted by molar-refractivity contribution is 5.94. The summed E-state index contributed by atoms with van der Waals surface area (Å²) in [6, 6.07) is 5.29. The lowest BCUT2D eigenvalue weighted by Crippen LogP contribution is -2.44. The molecule has 1 aliphatic heterocycles. The van der Waals surface area contributed by atoms with Crippen LogP contribution in [0.5, 0.6) is 0 Å². The number of amides is 1. The van der Waals surface area contributed by atoms with Gasteiger partial charge in [0.2, 0.25) is 0 Å². The van der Waals surface area contributed by atoms with Crippen molar-refractivity contribution < 1.29 is 9.59 Å². The lowest BCUT2D eigenvalue weighted by molar-refractivity contribution is -0.125. The van der Waals surface area contributed by atoms with E-state index in [0.29, 0.717) is 25.2 Å². The van der Waals surface area contributed by atoms with Gasteiger partial charge in [-0.2, -0.15) is 0 Å². The van der Waals surface area contributed by atoms with Gasteiger partial charge < -0.3 is 4.90 Å². The molecule has 4 nitrogen and oxygen atoms in total. The molecule has 1 aromatic rings. The van der Waals surface area contributed by atoms with E-state index in [1.807, 2.05) is 6.92 Å². The van der Waals surface area contributed by atoms with Gasteiger partial charge in [0, 0.05) is 31.6 Å². The van der Waals surface area contributed by atoms with E-state index in [1.54, 1.807) is 29.3 Å². The molecule has 2 rings (SSSR count). The highest BCUT2D eigenvalue weighted by Crippen LogP contribution is 2.17. The van der Waals surface area contributed by atoms with Crippen LogP contribution in [0.1, 0.15) is 30.3 Å². The first-order valence-electron chi connectivity index (χ1n) is 5.95. The topological polar surface area (TPSA) is 50.3 Å². The molecular weight excluding hydrogens is 216 g/mol. The summed E-state index contributed by atoms with van der Waals surface area (Å²) in [5.41, 5.74) is 0.455. The van der Waals surface area contributed by atoms with Gasteiger partial charge in [0.1, 0.15) is 11.5 Å². The summed E-state index contributed by atoms with van der Waals surface area (Å²) in [4.78, 5) is 29.5. The Hall–Kier alpha value is -1.71. The molecule has 0 aromatic carbocycles. The predicted molar refractivity (Wildman–Crippen MR) is 63.5 cm³/mol. The zero-order valence-electron chi connectivity index (χ0n) is 9.93. The molecule has 90 valence electrons. The minimum atomic E-state index is -0.0726. The van der Waals surface area contributed by atoms with Gasteiger partial charge in [-0.15, -0.1) is 0 Å². The lowest BCUT2D eigenvalue weighted by atomic mass is 9.94. The van der Waals surface area contributed by atoms with Gasteiger partial charge in [0.25, 0.3) is 5.91 Å². The third-order valence-electron chi connectivity index (χ3n) is 3.19. The molecule has 0 aliphatic carbocycles. The van der Waals surface area contributed by atoms with E-state index < -0.39 is 0 Å². The van der Waals surface area contributed by atoms with Gasteiger partial charge in [-0.3, -0.25) is 14.6 Å². The number of rotatable bonds is 2. The van der Waals surface area contributed by atoms with Gasteiger partial charge in [-0.25, -0.2) is 0 Å². The predicted octanol–water partition coefficient (Wildman–Crippen LogP) is 1.52. The van der Waals surface area contributed by atoms with Crippen molar-refractivity contribution in [3.8, 4) is 0 Å². The number of piperidine rings is 1. The Morgan fingerprint density at radius 1 is 1.53 bits per heavy atom. The molecule has 4 heteroatoms. The van der Waals surface area contributed by atoms with Gasteiger partial charge in [-0.1, -0.05) is 13.0 Å². The number of hydrogen-bond acceptors (Lipinski definition) is 3. The molecule has 0 N–H and O–H groups in total. The second-order valence-corrected chi connectivity index (χ2v) is 4.29. The molecule has 1 aromatic heterocycles. The number of nitrogens with zero attached hydrogens (tertiary/aromatic N) is 2. The van der Waals surface area contributed by atoms with Crippen molar-refractivity contribution in [2.45, 2.75) is 19.8 Å². The number of aromatic nitrogens is 1. The second-order valence-electron chi connectivity index (χ2n) is 4.29. The minimum absolute atomic E-state index is 0.00332. The van der Waals surface area contributed by atoms with E-state index in [0.717, 1.165) is 6.42 Å². The Labute approximate surface area is 101 Å². The van der Waals surface area contributed by atoms with E-state index in [1.165, 1.54) is 0 Å². The van der Waals surface area contributed by atoms with E-state index in [4.69, 9.17) is 0 Å². The van der Waals surface area contributed by atoms with Gasteiger partial charge >= 0.3 is 0 Å². The Morgan fingerprint density at radius 2 is 2.35 bits per heavy atom. The molecule has 0 bridgehead atoms. The number of hydrogen-bond donors (Lipinski definition) is 0. The molecule has 2 heterocycles. The van der Waals surface area contributed by atoms with Gasteiger partial charge in [-0.05, 0) is 18.6 Å². The van der Waals surface area contributed by atoms with Crippen molar-refractivity contribution in [3.05, 3.63) is 30.1 Å². The monoisotopic (exact) mass is 232 g/mol. The van der Waals surface area contributed by atoms with Crippen molar-refractivity contribution >= 4 is 11.7 Å². The number of likely N-dealkylation sites (tertiary alicyclic amines) is 1. The normalized spacial score (nSPS) is 20.4. The smallest absolute Gasteiger partial charge is 0.272 e. The first-order valence-corrected chi connectivity index (χ1v) is 5.95. The zero-order chi connectivity index (χ0) is 12.3. The van der Waals surface area contributed by atoms with E-state index >= 15 is 0 Å². The summed E-state index contributed by atoms with van der Waals surface area (Å²) >= 11 is 0. The van der Waals surface area contributed by atoms with Crippen LogP contribution in [0.4, 0.5) is 0 Å². The van der Waals surface area contributed by atoms with Crippen LogP contribution in [0.2, 0.25) is 0 Å². The van der Waals surface area contributed by atoms with Crippen molar-refractivity contribution in [3.63, 3.8) is 0 Å². The van der Waals surface area contributed by atoms with Crippen LogP contribution in [0.25, 0.3) is 0 Å². The highest BCUT2D eigenvalue weighted by atomic mass is 16.2. The van der Waals surface area contributed by atoms with Gasteiger partial charge in [0.05, 0.1) is 0 Å². The van der Waals surface area contributed by atoms with Crippen LogP contribution < -0.4 is 0 Å². The summed E-state index contributed by atoms with van der Waals surface area (Å²) in [6.07, 6.45) is 2.88. The Balaban J connectivity index is 2.09. The average Bonchev–Trinajstić information content (AvgIpc) is 2.39. The van der Waals surface area contributed by atoms with Crippen LogP contribution in [0.15, 0.2) is 24.4 Å². The molecule has 17 heavy (non-hydrogen) atoms. The maximum Gasteiger partial charge on any atom is 0.272 e. The fourth-order valence-corrected chi connectivity index (χ4v) is 2.10. The Kier molecular flexibility index (Phi) is 3.52. The molecule has 1 saturated heterocycles. The summed E-state index contributed by atoms with van der Waals surface area (Å²) in [5, 5.41) is 0. The fourth-order valence-electron chi connectivity index (χ4n) is 2.10. The molecule has 0 saturated carbocycles. The van der Waals surface area contributed by atoms with E-state index in [-0.39, 0.29) is 17.6 Å². The Morgan fingerprint density at radius 3 is 3.00 bits per heavy atom. The Bertz CT molecular complexity index is 417. The minimum Gasteiger partial charge on any atom is -0.336 e. The first kappa shape index (κ1) is 11.8. The summed E-state index contributed by atoms with van der Waals surface area (Å²) < 4.78 is 0. The molecular formula is C13H16N2O2. The number of pyridine rings is 1. The fraction of sp³-hybridized carbons (Fsp3) is 0.462. The summed E-state index contributed by atoms with van der Waals surface area (Å²) in [6.45, 7) is 3.03. The van der Waals surface area contributed by atoms with Crippen LogP contribution in [-0.4, -0.2) is 34.7 Å². The van der Waals surface area contributed by atoms with Crippen LogP contribution in [0, 0.1) is 5.92 Å². The third-order valence-corrected chi connectivity index (χ3v) is 3.19. The number of carbonyl (C=O) groups excluding carboxylic acids is 2. The first-order chi connectivity index (χ1) is 8.22. The number of ketones is 1. The van der Waals surface area contributed by atoms with E-state index in [9.17, 15) is 9.59 Å². The third kappa shape index (κ3) is 2.52. The molecule has 1 aliphatic rings. The maximum absolute atomic E-state index is 12.1. The molecule has 1 fully saturated rings. The summed E-state index contributed by atoms with van der Waals surface area (Å²) in [5.74, 6) is 0.200. The highest BCUT2D eigenvalue weighted by Gasteiger charge is 2.29. The van der Waals surface area contributed by atoms with Crippen LogP contribution in [0.3, 0.4) is 0 Å². The second kappa shape index (κ2) is 5.08. The SMILES string of the molecule is CCC1CN(C(=O)c2ccccn2)CCC1=O. The largest absolute Gasteiger partial charge is 0.336 e. The number of carbonyl (C=O) groups is 2. The molecule has 1 amide bonds. The average molecular weight is 232 g/mol. The van der Waals surface area contributed by atoms with Gasteiger partial charge in [0.15, 0.2) is 0 Å². The van der Waals surface area contributed by atoms with Crippen molar-refractivity contribution in [2.75, 3.05) is 13.1 Å². The van der Waals surface area contributed by atoms with Crippen LogP contribution >= 0.6 is 0 Å². The van der Waals surface area contributed by atoms with Crippen molar-refractivity contribution in [1.82, 2.24) is 9.88 Å². The molecule has 0 radical (unpaired) electrons. The molecule has 0 spiro atoms. The molecule has 1 unspecified atom stereocenters. The standard InChI is InChI=1S/C13H16N2O2/c1-2-10-9-15(8-6-12(10)16)13(17)11-5-3-4-7-14-11/h3-5,7,10H,2,6,8-9H2,1H3. The summed E-state index contributed by atoms with van der Waals surface area (Å²) in [7, 11) is 0. The quantitative estimate of drug-likeness (QED) is 0.776. The van der Waals surface area contributed by atoms with Crippen molar-refractivity contribution in [2.24, 2.45) is 5.92 Å². The zero-order valence-corrected chi connectivity index (χ0v) is 9.93. The lowest BCUT2D eigenvalue weighted by Gasteiger charge is -2.31. The molecule has 1 atom stereocenters. The van der Waals surface area contributed by atoms with Crippen LogP contribution in [-0.2, 0) is 4.79 Å².